The van der Waals surface area contributed by atoms with Crippen LogP contribution in [0.25, 0.3) is 10.9 Å². The third-order valence-electron chi connectivity index (χ3n) is 3.34. The first-order valence-electron chi connectivity index (χ1n) is 7.41. The summed E-state index contributed by atoms with van der Waals surface area (Å²) in [6, 6.07) is 5.34. The standard InChI is InChI=1S/C15H19N3O4/c1-18-7-9(10-4-2-3-5-13(10)18)6-11(16)15(21)22-8-12(17)14(19)20/h2-5,7,11-12H,6,8,16-17H2,1H3,(H,19,20)/t11-,12-/m0/s1/i1D. The predicted octanol–water partition coefficient (Wildman–Crippen LogP) is 0.00320. The second-order valence-corrected chi connectivity index (χ2v) is 5.03. The molecular formula is C15H19N3O4. The number of nitrogens with zero attached hydrogens (tertiary/aromatic N) is 1. The number of aryl methyl sites for hydroxylation is 1. The van der Waals surface area contributed by atoms with Crippen LogP contribution < -0.4 is 11.5 Å². The number of carbonyl (C=O) groups is 2. The minimum absolute atomic E-state index is 0.0632. The third kappa shape index (κ3) is 3.44. The Balaban J connectivity index is 2.07. The molecule has 0 saturated heterocycles. The van der Waals surface area contributed by atoms with E-state index in [4.69, 9.17) is 22.7 Å². The topological polar surface area (TPSA) is 121 Å². The number of ether oxygens (including phenoxy) is 1. The van der Waals surface area contributed by atoms with Crippen LogP contribution in [0, 0.1) is 0 Å². The SMILES string of the molecule is [2H]Cn1cc(C[C@H](N)C(=O)OC[C@H](N)C(=O)O)c2ccccc21. The van der Waals surface area contributed by atoms with Crippen molar-refractivity contribution in [2.75, 3.05) is 6.61 Å². The molecule has 2 aromatic rings. The summed E-state index contributed by atoms with van der Waals surface area (Å²) in [4.78, 5) is 22.4. The zero-order chi connectivity index (χ0) is 17.0. The number of nitrogens with two attached hydrogens (primary N) is 2. The van der Waals surface area contributed by atoms with Crippen LogP contribution in [0.2, 0.25) is 0 Å². The molecule has 0 radical (unpaired) electrons. The quantitative estimate of drug-likeness (QED) is 0.646. The maximum absolute atomic E-state index is 11.8. The summed E-state index contributed by atoms with van der Waals surface area (Å²) in [6.45, 7) is -0.420. The predicted molar refractivity (Wildman–Crippen MR) is 81.2 cm³/mol. The van der Waals surface area contributed by atoms with Gasteiger partial charge in [0, 0.05) is 31.9 Å². The monoisotopic (exact) mass is 306 g/mol. The van der Waals surface area contributed by atoms with E-state index in [0.717, 1.165) is 16.5 Å². The second-order valence-electron chi connectivity index (χ2n) is 5.03. The van der Waals surface area contributed by atoms with Gasteiger partial charge in [0.2, 0.25) is 0 Å². The van der Waals surface area contributed by atoms with Crippen LogP contribution in [0.15, 0.2) is 30.5 Å². The van der Waals surface area contributed by atoms with Crippen molar-refractivity contribution >= 4 is 22.8 Å². The van der Waals surface area contributed by atoms with Crippen LogP contribution in [0.1, 0.15) is 6.93 Å². The Bertz CT molecular complexity index is 716. The number of hydrogen-bond donors (Lipinski definition) is 3. The number of aliphatic carboxylic acids is 1. The lowest BCUT2D eigenvalue weighted by Gasteiger charge is -2.12. The summed E-state index contributed by atoms with van der Waals surface area (Å²) in [5.74, 6) is -1.95. The van der Waals surface area contributed by atoms with Crippen molar-refractivity contribution < 1.29 is 20.8 Å². The van der Waals surface area contributed by atoms with Crippen molar-refractivity contribution in [3.05, 3.63) is 36.0 Å². The van der Waals surface area contributed by atoms with Crippen LogP contribution >= 0.6 is 0 Å². The molecule has 0 unspecified atom stereocenters. The molecule has 1 aromatic carbocycles. The molecule has 0 amide bonds. The summed E-state index contributed by atoms with van der Waals surface area (Å²) < 4.78 is 14.1. The molecule has 2 atom stereocenters. The Morgan fingerprint density at radius 3 is 2.77 bits per heavy atom. The molecule has 118 valence electrons. The van der Waals surface area contributed by atoms with Gasteiger partial charge in [-0.2, -0.15) is 0 Å². The molecule has 0 aliphatic rings. The first-order valence-corrected chi connectivity index (χ1v) is 6.70. The Kier molecular flexibility index (Phi) is 4.36. The Labute approximate surface area is 128 Å². The lowest BCUT2D eigenvalue weighted by atomic mass is 10.1. The van der Waals surface area contributed by atoms with Crippen LogP contribution in [0.4, 0.5) is 0 Å². The number of carboxylic acid groups (broad SMARTS) is 1. The van der Waals surface area contributed by atoms with E-state index >= 15 is 0 Å². The van der Waals surface area contributed by atoms with E-state index in [2.05, 4.69) is 0 Å². The highest BCUT2D eigenvalue weighted by Gasteiger charge is 2.20. The normalized spacial score (nSPS) is 14.4. The van der Waals surface area contributed by atoms with Crippen molar-refractivity contribution in [1.29, 1.82) is 0 Å². The number of hydrogen-bond acceptors (Lipinski definition) is 5. The molecule has 7 heteroatoms. The van der Waals surface area contributed by atoms with Crippen molar-refractivity contribution in [2.24, 2.45) is 18.5 Å². The van der Waals surface area contributed by atoms with Gasteiger partial charge in [0.05, 0.1) is 0 Å². The summed E-state index contributed by atoms with van der Waals surface area (Å²) in [7, 11) is 0.0632. The van der Waals surface area contributed by atoms with Crippen LogP contribution in [-0.4, -0.2) is 40.3 Å². The van der Waals surface area contributed by atoms with E-state index in [9.17, 15) is 9.59 Å². The van der Waals surface area contributed by atoms with Gasteiger partial charge >= 0.3 is 11.9 Å². The number of para-hydroxylation sites is 1. The van der Waals surface area contributed by atoms with Crippen LogP contribution in [0.5, 0.6) is 0 Å². The number of aromatic nitrogens is 1. The molecule has 0 bridgehead atoms. The largest absolute Gasteiger partial charge is 0.480 e. The molecule has 1 heterocycles. The van der Waals surface area contributed by atoms with Gasteiger partial charge in [-0.3, -0.25) is 9.59 Å². The lowest BCUT2D eigenvalue weighted by molar-refractivity contribution is -0.149. The van der Waals surface area contributed by atoms with E-state index in [1.807, 2.05) is 24.3 Å². The van der Waals surface area contributed by atoms with Gasteiger partial charge in [0.1, 0.15) is 18.7 Å². The number of esters is 1. The van der Waals surface area contributed by atoms with Crippen molar-refractivity contribution in [3.8, 4) is 0 Å². The lowest BCUT2D eigenvalue weighted by Crippen LogP contribution is -2.40. The molecule has 0 fully saturated rings. The highest BCUT2D eigenvalue weighted by molar-refractivity contribution is 5.85. The zero-order valence-corrected chi connectivity index (χ0v) is 11.9. The fraction of sp³-hybridized carbons (Fsp3) is 0.333. The van der Waals surface area contributed by atoms with E-state index in [1.165, 1.54) is 0 Å². The molecule has 0 aliphatic heterocycles. The number of rotatable bonds is 6. The number of fused-ring (bicyclic) bond motifs is 1. The number of carboxylic acids is 1. The summed E-state index contributed by atoms with van der Waals surface area (Å²) in [5.41, 5.74) is 12.8. The highest BCUT2D eigenvalue weighted by atomic mass is 16.5. The molecule has 7 nitrogen and oxygen atoms in total. The average Bonchev–Trinajstić information content (AvgIpc) is 2.90. The minimum atomic E-state index is -1.27. The molecular weight excluding hydrogens is 286 g/mol. The van der Waals surface area contributed by atoms with Gasteiger partial charge in [0.15, 0.2) is 0 Å². The average molecular weight is 306 g/mol. The molecule has 5 N–H and O–H groups in total. The summed E-state index contributed by atoms with van der Waals surface area (Å²) >= 11 is 0. The fourth-order valence-electron chi connectivity index (χ4n) is 2.16. The molecule has 2 rings (SSSR count). The van der Waals surface area contributed by atoms with Gasteiger partial charge in [-0.15, -0.1) is 0 Å². The summed E-state index contributed by atoms with van der Waals surface area (Å²) in [5, 5.41) is 9.57. The van der Waals surface area contributed by atoms with Crippen LogP contribution in [-0.2, 0) is 27.8 Å². The van der Waals surface area contributed by atoms with Crippen molar-refractivity contribution in [3.63, 3.8) is 0 Å². The van der Waals surface area contributed by atoms with E-state index in [0.29, 0.717) is 0 Å². The highest BCUT2D eigenvalue weighted by Crippen LogP contribution is 2.21. The molecule has 0 saturated carbocycles. The van der Waals surface area contributed by atoms with Crippen LogP contribution in [0.3, 0.4) is 0 Å². The first kappa shape index (κ1) is 14.6. The minimum Gasteiger partial charge on any atom is -0.480 e. The van der Waals surface area contributed by atoms with E-state index in [-0.39, 0.29) is 13.4 Å². The Morgan fingerprint density at radius 1 is 1.36 bits per heavy atom. The number of carbonyl (C=O) groups excluding carboxylic acids is 1. The smallest absolute Gasteiger partial charge is 0.324 e. The van der Waals surface area contributed by atoms with Gasteiger partial charge in [-0.25, -0.2) is 0 Å². The number of benzene rings is 1. The van der Waals surface area contributed by atoms with Crippen molar-refractivity contribution in [1.82, 2.24) is 4.57 Å². The van der Waals surface area contributed by atoms with Gasteiger partial charge in [-0.1, -0.05) is 18.2 Å². The molecule has 1 aromatic heterocycles. The molecule has 0 spiro atoms. The zero-order valence-electron chi connectivity index (χ0n) is 12.9. The maximum atomic E-state index is 11.8. The first-order chi connectivity index (χ1) is 10.9. The van der Waals surface area contributed by atoms with Gasteiger partial charge in [-0.05, 0) is 11.6 Å². The maximum Gasteiger partial charge on any atom is 0.324 e. The molecule has 22 heavy (non-hydrogen) atoms. The Hall–Kier alpha value is -2.38. The van der Waals surface area contributed by atoms with Gasteiger partial charge < -0.3 is 25.9 Å². The summed E-state index contributed by atoms with van der Waals surface area (Å²) in [6.07, 6.45) is 2.02. The fourth-order valence-corrected chi connectivity index (χ4v) is 2.16. The van der Waals surface area contributed by atoms with E-state index in [1.54, 1.807) is 10.8 Å². The second kappa shape index (κ2) is 6.59. The Morgan fingerprint density at radius 2 is 2.09 bits per heavy atom. The molecule has 0 aliphatic carbocycles. The van der Waals surface area contributed by atoms with E-state index < -0.39 is 30.6 Å². The van der Waals surface area contributed by atoms with Crippen molar-refractivity contribution in [2.45, 2.75) is 18.5 Å². The van der Waals surface area contributed by atoms with Gasteiger partial charge in [0.25, 0.3) is 0 Å². The third-order valence-corrected chi connectivity index (χ3v) is 3.34.